The van der Waals surface area contributed by atoms with Crippen LogP contribution >= 0.6 is 0 Å². The third kappa shape index (κ3) is 5.33. The van der Waals surface area contributed by atoms with Gasteiger partial charge in [-0.1, -0.05) is 32.0 Å². The zero-order valence-corrected chi connectivity index (χ0v) is 13.8. The molecule has 0 amide bonds. The summed E-state index contributed by atoms with van der Waals surface area (Å²) in [6.45, 7) is 11.8. The molecule has 0 spiro atoms. The third-order valence-electron chi connectivity index (χ3n) is 4.08. The van der Waals surface area contributed by atoms with E-state index in [4.69, 9.17) is 4.74 Å². The molecule has 1 aliphatic rings. The van der Waals surface area contributed by atoms with E-state index in [0.717, 1.165) is 31.4 Å². The van der Waals surface area contributed by atoms with Gasteiger partial charge in [-0.3, -0.25) is 4.90 Å². The molecule has 0 radical (unpaired) electrons. The van der Waals surface area contributed by atoms with Crippen molar-refractivity contribution in [2.75, 3.05) is 26.2 Å². The molecular formula is C18H30N2O. The number of nitrogens with zero attached hydrogens (tertiary/aromatic N) is 1. The molecule has 0 saturated carbocycles. The standard InChI is InChI=1S/C18H30N2O/c1-4-21-18-10-6-5-9-17(18)14-20-11-7-8-16(13-20)12-19-15(2)3/h5-6,9-10,15-16,19H,4,7-8,11-14H2,1-3H3. The molecule has 3 nitrogen and oxygen atoms in total. The Morgan fingerprint density at radius 2 is 2.14 bits per heavy atom. The Bertz CT molecular complexity index is 419. The number of hydrogen-bond donors (Lipinski definition) is 1. The first-order chi connectivity index (χ1) is 10.2. The van der Waals surface area contributed by atoms with Crippen LogP contribution in [0.5, 0.6) is 5.75 Å². The van der Waals surface area contributed by atoms with Gasteiger partial charge in [0.25, 0.3) is 0 Å². The average Bonchev–Trinajstić information content (AvgIpc) is 2.48. The Morgan fingerprint density at radius 1 is 1.33 bits per heavy atom. The van der Waals surface area contributed by atoms with Gasteiger partial charge in [-0.05, 0) is 44.8 Å². The maximum atomic E-state index is 5.75. The lowest BCUT2D eigenvalue weighted by Crippen LogP contribution is -2.40. The molecule has 1 aliphatic heterocycles. The second-order valence-corrected chi connectivity index (χ2v) is 6.35. The lowest BCUT2D eigenvalue weighted by Gasteiger charge is -2.33. The molecule has 1 heterocycles. The topological polar surface area (TPSA) is 24.5 Å². The zero-order valence-electron chi connectivity index (χ0n) is 13.8. The summed E-state index contributed by atoms with van der Waals surface area (Å²) in [6, 6.07) is 9.03. The molecule has 0 aromatic heterocycles. The van der Waals surface area contributed by atoms with Gasteiger partial charge >= 0.3 is 0 Å². The fraction of sp³-hybridized carbons (Fsp3) is 0.667. The number of benzene rings is 1. The Hall–Kier alpha value is -1.06. The summed E-state index contributed by atoms with van der Waals surface area (Å²) >= 11 is 0. The van der Waals surface area contributed by atoms with Crippen molar-refractivity contribution < 1.29 is 4.74 Å². The van der Waals surface area contributed by atoms with E-state index in [9.17, 15) is 0 Å². The van der Waals surface area contributed by atoms with Crippen LogP contribution in [-0.2, 0) is 6.54 Å². The van der Waals surface area contributed by atoms with Crippen LogP contribution < -0.4 is 10.1 Å². The van der Waals surface area contributed by atoms with E-state index in [1.165, 1.54) is 31.5 Å². The lowest BCUT2D eigenvalue weighted by molar-refractivity contribution is 0.162. The predicted molar refractivity (Wildman–Crippen MR) is 88.8 cm³/mol. The molecule has 1 aromatic rings. The van der Waals surface area contributed by atoms with Crippen molar-refractivity contribution in [3.05, 3.63) is 29.8 Å². The molecule has 1 saturated heterocycles. The molecule has 2 rings (SSSR count). The molecule has 1 aromatic carbocycles. The van der Waals surface area contributed by atoms with Crippen LogP contribution in [0.3, 0.4) is 0 Å². The van der Waals surface area contributed by atoms with E-state index >= 15 is 0 Å². The van der Waals surface area contributed by atoms with E-state index in [-0.39, 0.29) is 0 Å². The minimum absolute atomic E-state index is 0.582. The zero-order chi connectivity index (χ0) is 15.1. The monoisotopic (exact) mass is 290 g/mol. The van der Waals surface area contributed by atoms with Gasteiger partial charge in [0, 0.05) is 24.7 Å². The van der Waals surface area contributed by atoms with Crippen LogP contribution in [0.2, 0.25) is 0 Å². The Labute approximate surface area is 129 Å². The molecule has 118 valence electrons. The van der Waals surface area contributed by atoms with Gasteiger partial charge in [0.05, 0.1) is 6.61 Å². The summed E-state index contributed by atoms with van der Waals surface area (Å²) in [5, 5.41) is 3.58. The fourth-order valence-electron chi connectivity index (χ4n) is 3.04. The minimum atomic E-state index is 0.582. The van der Waals surface area contributed by atoms with Crippen molar-refractivity contribution in [1.82, 2.24) is 10.2 Å². The summed E-state index contributed by atoms with van der Waals surface area (Å²) in [4.78, 5) is 2.58. The van der Waals surface area contributed by atoms with Crippen molar-refractivity contribution >= 4 is 0 Å². The molecule has 1 fully saturated rings. The average molecular weight is 290 g/mol. The van der Waals surface area contributed by atoms with Crippen LogP contribution in [0.1, 0.15) is 39.2 Å². The summed E-state index contributed by atoms with van der Waals surface area (Å²) in [7, 11) is 0. The summed E-state index contributed by atoms with van der Waals surface area (Å²) in [5.74, 6) is 1.82. The van der Waals surface area contributed by atoms with E-state index in [1.54, 1.807) is 0 Å². The first-order valence-electron chi connectivity index (χ1n) is 8.35. The first-order valence-corrected chi connectivity index (χ1v) is 8.35. The predicted octanol–water partition coefficient (Wildman–Crippen LogP) is 3.30. The third-order valence-corrected chi connectivity index (χ3v) is 4.08. The van der Waals surface area contributed by atoms with E-state index in [1.807, 2.05) is 6.92 Å². The lowest BCUT2D eigenvalue weighted by atomic mass is 9.97. The maximum absolute atomic E-state index is 5.75. The number of nitrogens with one attached hydrogen (secondary N) is 1. The van der Waals surface area contributed by atoms with Crippen LogP contribution in [0.25, 0.3) is 0 Å². The van der Waals surface area contributed by atoms with Gasteiger partial charge in [-0.25, -0.2) is 0 Å². The first kappa shape index (κ1) is 16.3. The van der Waals surface area contributed by atoms with Crippen LogP contribution in [0.4, 0.5) is 0 Å². The number of piperidine rings is 1. The van der Waals surface area contributed by atoms with E-state index < -0.39 is 0 Å². The molecule has 1 unspecified atom stereocenters. The molecular weight excluding hydrogens is 260 g/mol. The van der Waals surface area contributed by atoms with Crippen LogP contribution in [0, 0.1) is 5.92 Å². The fourth-order valence-corrected chi connectivity index (χ4v) is 3.04. The van der Waals surface area contributed by atoms with E-state index in [2.05, 4.69) is 48.3 Å². The highest BCUT2D eigenvalue weighted by Crippen LogP contribution is 2.23. The van der Waals surface area contributed by atoms with Gasteiger partial charge in [-0.2, -0.15) is 0 Å². The highest BCUT2D eigenvalue weighted by Gasteiger charge is 2.20. The smallest absolute Gasteiger partial charge is 0.123 e. The van der Waals surface area contributed by atoms with Crippen molar-refractivity contribution in [1.29, 1.82) is 0 Å². The SMILES string of the molecule is CCOc1ccccc1CN1CCCC(CNC(C)C)C1. The molecule has 1 atom stereocenters. The van der Waals surface area contributed by atoms with Gasteiger partial charge < -0.3 is 10.1 Å². The van der Waals surface area contributed by atoms with Gasteiger partial charge in [0.2, 0.25) is 0 Å². The van der Waals surface area contributed by atoms with Crippen molar-refractivity contribution in [3.63, 3.8) is 0 Å². The number of ether oxygens (including phenoxy) is 1. The van der Waals surface area contributed by atoms with Crippen molar-refractivity contribution in [2.24, 2.45) is 5.92 Å². The summed E-state index contributed by atoms with van der Waals surface area (Å²) < 4.78 is 5.75. The van der Waals surface area contributed by atoms with Crippen molar-refractivity contribution in [3.8, 4) is 5.75 Å². The van der Waals surface area contributed by atoms with Gasteiger partial charge in [-0.15, -0.1) is 0 Å². The quantitative estimate of drug-likeness (QED) is 0.834. The second kappa shape index (κ2) is 8.40. The van der Waals surface area contributed by atoms with Crippen LogP contribution in [-0.4, -0.2) is 37.2 Å². The van der Waals surface area contributed by atoms with Gasteiger partial charge in [0.1, 0.15) is 5.75 Å². The number of para-hydroxylation sites is 1. The number of hydrogen-bond acceptors (Lipinski definition) is 3. The van der Waals surface area contributed by atoms with Crippen molar-refractivity contribution in [2.45, 2.75) is 46.2 Å². The van der Waals surface area contributed by atoms with E-state index in [0.29, 0.717) is 6.04 Å². The minimum Gasteiger partial charge on any atom is -0.494 e. The van der Waals surface area contributed by atoms with Gasteiger partial charge in [0.15, 0.2) is 0 Å². The summed E-state index contributed by atoms with van der Waals surface area (Å²) in [5.41, 5.74) is 1.32. The molecule has 1 N–H and O–H groups in total. The van der Waals surface area contributed by atoms with Crippen LogP contribution in [0.15, 0.2) is 24.3 Å². The maximum Gasteiger partial charge on any atom is 0.123 e. The summed E-state index contributed by atoms with van der Waals surface area (Å²) in [6.07, 6.45) is 2.66. The Morgan fingerprint density at radius 3 is 2.90 bits per heavy atom. The number of rotatable bonds is 7. The molecule has 0 aliphatic carbocycles. The molecule has 0 bridgehead atoms. The Kier molecular flexibility index (Phi) is 6.52. The second-order valence-electron chi connectivity index (χ2n) is 6.35. The molecule has 3 heteroatoms. The Balaban J connectivity index is 1.90. The largest absolute Gasteiger partial charge is 0.494 e. The molecule has 21 heavy (non-hydrogen) atoms. The normalized spacial score (nSPS) is 19.9. The highest BCUT2D eigenvalue weighted by atomic mass is 16.5. The highest BCUT2D eigenvalue weighted by molar-refractivity contribution is 5.33. The number of likely N-dealkylation sites (tertiary alicyclic amines) is 1.